The number of carbonyl (C=O) groups is 2. The third kappa shape index (κ3) is 3.80. The fourth-order valence-corrected chi connectivity index (χ4v) is 9.88. The van der Waals surface area contributed by atoms with Crippen molar-refractivity contribution in [1.29, 1.82) is 0 Å². The normalized spacial score (nSPS) is 52.6. The Bertz CT molecular complexity index is 1010. The van der Waals surface area contributed by atoms with E-state index in [1.165, 1.54) is 7.11 Å². The molecule has 8 nitrogen and oxygen atoms in total. The lowest BCUT2D eigenvalue weighted by Gasteiger charge is -2.66. The number of carbonyl (C=O) groups excluding carboxylic acids is 2. The summed E-state index contributed by atoms with van der Waals surface area (Å²) in [5, 5.41) is 21.1. The molecule has 1 spiro atoms. The van der Waals surface area contributed by atoms with Gasteiger partial charge in [-0.3, -0.25) is 4.79 Å². The largest absolute Gasteiger partial charge is 0.458 e. The van der Waals surface area contributed by atoms with E-state index in [0.717, 1.165) is 63.4 Å². The molecule has 1 saturated heterocycles. The number of aliphatic hydroxyl groups excluding tert-OH is 2. The van der Waals surface area contributed by atoms with Gasteiger partial charge in [-0.2, -0.15) is 0 Å². The number of Topliss-reactive ketones (excluding diaryl/α,β-unsaturated/α-hetero) is 1. The first-order valence-electron chi connectivity index (χ1n) is 14.7. The van der Waals surface area contributed by atoms with E-state index in [9.17, 15) is 19.8 Å². The number of rotatable bonds is 4. The summed E-state index contributed by atoms with van der Waals surface area (Å²) in [4.78, 5) is 26.2. The van der Waals surface area contributed by atoms with Crippen LogP contribution in [-0.2, 0) is 28.5 Å². The van der Waals surface area contributed by atoms with Crippen LogP contribution in [0, 0.1) is 34.0 Å². The predicted molar refractivity (Wildman–Crippen MR) is 137 cm³/mol. The minimum atomic E-state index is -1.05. The van der Waals surface area contributed by atoms with Gasteiger partial charge in [0.15, 0.2) is 6.29 Å². The third-order valence-corrected chi connectivity index (χ3v) is 12.0. The van der Waals surface area contributed by atoms with Crippen LogP contribution in [0.15, 0.2) is 11.6 Å². The SMILES string of the molecule is CO[C@H]1[C@H](O)[C@H](O[C@H]2CC[C@@]3(C)[C@H](CC[C@]45CC[C@H](C6=CC(=O)OC6)[C@@](C)(CC[C@@H]43)C5=O)C2)O[C@@H](C)[C@@H]1O. The lowest BCUT2D eigenvalue weighted by atomic mass is 9.37. The number of hydrogen-bond donors (Lipinski definition) is 2. The molecule has 2 heterocycles. The van der Waals surface area contributed by atoms with Gasteiger partial charge >= 0.3 is 5.97 Å². The third-order valence-electron chi connectivity index (χ3n) is 12.0. The Balaban J connectivity index is 1.17. The highest BCUT2D eigenvalue weighted by atomic mass is 16.7. The van der Waals surface area contributed by atoms with Gasteiger partial charge in [-0.15, -0.1) is 0 Å². The van der Waals surface area contributed by atoms with Gasteiger partial charge in [0.2, 0.25) is 0 Å². The minimum Gasteiger partial charge on any atom is -0.458 e. The first-order valence-corrected chi connectivity index (χ1v) is 14.7. The molecule has 2 N–H and O–H groups in total. The second-order valence-electron chi connectivity index (χ2n) is 13.6. The minimum absolute atomic E-state index is 0.0335. The number of methoxy groups -OCH3 is 1. The molecule has 4 aliphatic carbocycles. The van der Waals surface area contributed by atoms with E-state index in [2.05, 4.69) is 13.8 Å². The molecule has 0 aromatic heterocycles. The van der Waals surface area contributed by atoms with Crippen molar-refractivity contribution in [1.82, 2.24) is 0 Å². The highest BCUT2D eigenvalue weighted by Gasteiger charge is 2.67. The molecular formula is C30H44O8. The van der Waals surface area contributed by atoms with Gasteiger partial charge in [0.1, 0.15) is 30.7 Å². The number of esters is 1. The quantitative estimate of drug-likeness (QED) is 0.419. The fourth-order valence-electron chi connectivity index (χ4n) is 9.88. The molecule has 0 aromatic rings. The summed E-state index contributed by atoms with van der Waals surface area (Å²) >= 11 is 0. The average Bonchev–Trinajstić information content (AvgIpc) is 3.30. The number of ether oxygens (including phenoxy) is 4. The van der Waals surface area contributed by atoms with E-state index in [1.807, 2.05) is 0 Å². The molecule has 0 unspecified atom stereocenters. The molecule has 38 heavy (non-hydrogen) atoms. The molecule has 0 aromatic carbocycles. The van der Waals surface area contributed by atoms with E-state index in [4.69, 9.17) is 18.9 Å². The molecule has 12 atom stereocenters. The Labute approximate surface area is 225 Å². The van der Waals surface area contributed by atoms with Crippen molar-refractivity contribution in [3.8, 4) is 0 Å². The second kappa shape index (κ2) is 9.37. The molecule has 5 fully saturated rings. The van der Waals surface area contributed by atoms with Crippen LogP contribution < -0.4 is 0 Å². The van der Waals surface area contributed by atoms with Crippen molar-refractivity contribution in [2.24, 2.45) is 34.0 Å². The van der Waals surface area contributed by atoms with Crippen LogP contribution in [0.5, 0.6) is 0 Å². The van der Waals surface area contributed by atoms with Gasteiger partial charge in [0.05, 0.1) is 12.2 Å². The van der Waals surface area contributed by atoms with Crippen molar-refractivity contribution in [3.63, 3.8) is 0 Å². The monoisotopic (exact) mass is 532 g/mol. The average molecular weight is 533 g/mol. The zero-order valence-corrected chi connectivity index (χ0v) is 23.2. The van der Waals surface area contributed by atoms with Gasteiger partial charge in [-0.25, -0.2) is 4.79 Å². The number of ketones is 1. The predicted octanol–water partition coefficient (Wildman–Crippen LogP) is 3.32. The van der Waals surface area contributed by atoms with Crippen molar-refractivity contribution in [3.05, 3.63) is 11.6 Å². The molecule has 8 heteroatoms. The summed E-state index contributed by atoms with van der Waals surface area (Å²) < 4.78 is 22.8. The molecule has 0 radical (unpaired) electrons. The van der Waals surface area contributed by atoms with Crippen LogP contribution in [0.4, 0.5) is 0 Å². The zero-order chi connectivity index (χ0) is 27.0. The summed E-state index contributed by atoms with van der Waals surface area (Å²) in [7, 11) is 1.48. The Hall–Kier alpha value is -1.32. The van der Waals surface area contributed by atoms with E-state index < -0.39 is 36.1 Å². The van der Waals surface area contributed by atoms with E-state index in [1.54, 1.807) is 13.0 Å². The van der Waals surface area contributed by atoms with Gasteiger partial charge in [0, 0.05) is 24.0 Å². The van der Waals surface area contributed by atoms with E-state index >= 15 is 0 Å². The lowest BCUT2D eigenvalue weighted by Crippen LogP contribution is -2.64. The topological polar surface area (TPSA) is 112 Å². The smallest absolute Gasteiger partial charge is 0.331 e. The molecule has 2 bridgehead atoms. The fraction of sp³-hybridized carbons (Fsp3) is 0.867. The first-order chi connectivity index (χ1) is 18.0. The van der Waals surface area contributed by atoms with Crippen LogP contribution in [0.3, 0.4) is 0 Å². The molecule has 0 amide bonds. The Kier molecular flexibility index (Phi) is 6.63. The second-order valence-corrected chi connectivity index (χ2v) is 13.6. The van der Waals surface area contributed by atoms with Gasteiger partial charge in [-0.1, -0.05) is 13.8 Å². The Morgan fingerprint density at radius 1 is 1.00 bits per heavy atom. The maximum Gasteiger partial charge on any atom is 0.331 e. The summed E-state index contributed by atoms with van der Waals surface area (Å²) in [6, 6.07) is 0. The van der Waals surface area contributed by atoms with Gasteiger partial charge < -0.3 is 29.2 Å². The number of fused-ring (bicyclic) bond motifs is 3. The first kappa shape index (κ1) is 26.9. The molecule has 6 rings (SSSR count). The van der Waals surface area contributed by atoms with E-state index in [0.29, 0.717) is 24.2 Å². The van der Waals surface area contributed by atoms with Crippen LogP contribution in [-0.4, -0.2) is 72.5 Å². The molecule has 6 aliphatic rings. The van der Waals surface area contributed by atoms with Crippen molar-refractivity contribution >= 4 is 11.8 Å². The van der Waals surface area contributed by atoms with Gasteiger partial charge in [-0.05, 0) is 93.5 Å². The van der Waals surface area contributed by atoms with Crippen molar-refractivity contribution in [2.75, 3.05) is 13.7 Å². The number of cyclic esters (lactones) is 1. The highest BCUT2D eigenvalue weighted by Crippen LogP contribution is 2.70. The number of hydrogen-bond acceptors (Lipinski definition) is 8. The summed E-state index contributed by atoms with van der Waals surface area (Å²) in [5.41, 5.74) is 0.428. The Morgan fingerprint density at radius 2 is 1.76 bits per heavy atom. The maximum absolute atomic E-state index is 14.4. The highest BCUT2D eigenvalue weighted by molar-refractivity contribution is 5.93. The van der Waals surface area contributed by atoms with Crippen molar-refractivity contribution in [2.45, 2.75) is 115 Å². The maximum atomic E-state index is 14.4. The Morgan fingerprint density at radius 3 is 2.47 bits per heavy atom. The molecule has 4 saturated carbocycles. The van der Waals surface area contributed by atoms with Gasteiger partial charge in [0.25, 0.3) is 0 Å². The van der Waals surface area contributed by atoms with E-state index in [-0.39, 0.29) is 28.8 Å². The number of aliphatic hydroxyl groups is 2. The zero-order valence-electron chi connectivity index (χ0n) is 23.2. The summed E-state index contributed by atoms with van der Waals surface area (Å²) in [6.45, 7) is 6.68. The molecule has 212 valence electrons. The molecule has 2 aliphatic heterocycles. The van der Waals surface area contributed by atoms with Crippen LogP contribution >= 0.6 is 0 Å². The molecular weight excluding hydrogens is 488 g/mol. The van der Waals surface area contributed by atoms with Crippen LogP contribution in [0.25, 0.3) is 0 Å². The summed E-state index contributed by atoms with van der Waals surface area (Å²) in [6.07, 6.45) is 6.07. The standard InChI is InChI=1S/C30H44O8/c1-16-23(32)25(35-4)24(33)26(37-16)38-19-6-9-28(2)18(14-19)5-11-30-12-7-20(17-13-22(31)36-15-17)29(3,27(30)34)10-8-21(28)30/h13,16,18-21,23-26,32-33H,5-12,14-15H2,1-4H3/t16-,18+,19-,20+,21+,23-,24-,25+,26-,28-,29+,30-/m0/s1. The van der Waals surface area contributed by atoms with Crippen LogP contribution in [0.2, 0.25) is 0 Å². The van der Waals surface area contributed by atoms with Crippen molar-refractivity contribution < 1.29 is 38.7 Å². The van der Waals surface area contributed by atoms with Crippen LogP contribution in [0.1, 0.15) is 78.6 Å². The summed E-state index contributed by atoms with van der Waals surface area (Å²) in [5.74, 6) is 1.11. The lowest BCUT2D eigenvalue weighted by molar-refractivity contribution is -0.313.